The molecule has 5 nitrogen and oxygen atoms in total. The highest BCUT2D eigenvalue weighted by atomic mass is 79.9. The Morgan fingerprint density at radius 3 is 2.67 bits per heavy atom. The van der Waals surface area contributed by atoms with Crippen LogP contribution < -0.4 is 5.56 Å². The minimum atomic E-state index is -1.11. The number of benzene rings is 1. The second-order valence-corrected chi connectivity index (χ2v) is 5.29. The number of hydrogen-bond donors (Lipinski definition) is 1. The van der Waals surface area contributed by atoms with Crippen LogP contribution in [0.15, 0.2) is 56.3 Å². The smallest absolute Gasteiger partial charge is 0.336 e. The van der Waals surface area contributed by atoms with Crippen molar-refractivity contribution in [3.05, 3.63) is 68.8 Å². The minimum absolute atomic E-state index is 0.00692. The van der Waals surface area contributed by atoms with Crippen LogP contribution in [0.3, 0.4) is 0 Å². The van der Waals surface area contributed by atoms with Gasteiger partial charge < -0.3 is 14.1 Å². The Bertz CT molecular complexity index is 894. The molecule has 3 aromatic rings. The van der Waals surface area contributed by atoms with Crippen molar-refractivity contribution in [2.24, 2.45) is 0 Å². The van der Waals surface area contributed by atoms with Crippen LogP contribution in [0.4, 0.5) is 0 Å². The molecule has 0 aliphatic rings. The van der Waals surface area contributed by atoms with E-state index in [0.717, 1.165) is 6.07 Å². The molecule has 0 atom stereocenters. The van der Waals surface area contributed by atoms with Gasteiger partial charge >= 0.3 is 5.97 Å². The number of carboxylic acids is 1. The predicted molar refractivity (Wildman–Crippen MR) is 80.7 cm³/mol. The summed E-state index contributed by atoms with van der Waals surface area (Å²) in [4.78, 5) is 23.5. The van der Waals surface area contributed by atoms with E-state index in [-0.39, 0.29) is 17.7 Å². The van der Waals surface area contributed by atoms with Crippen LogP contribution in [-0.4, -0.2) is 15.6 Å². The number of aromatic nitrogens is 1. The lowest BCUT2D eigenvalue weighted by molar-refractivity contribution is 0.0698. The average molecular weight is 348 g/mol. The normalized spacial score (nSPS) is 10.9. The van der Waals surface area contributed by atoms with Crippen molar-refractivity contribution in [2.45, 2.75) is 6.54 Å². The summed E-state index contributed by atoms with van der Waals surface area (Å²) in [7, 11) is 0. The molecule has 0 radical (unpaired) electrons. The van der Waals surface area contributed by atoms with Crippen LogP contribution in [0.5, 0.6) is 0 Å². The van der Waals surface area contributed by atoms with Gasteiger partial charge in [0.25, 0.3) is 5.56 Å². The molecule has 2 heterocycles. The van der Waals surface area contributed by atoms with Crippen molar-refractivity contribution < 1.29 is 14.3 Å². The third-order valence-electron chi connectivity index (χ3n) is 3.19. The Morgan fingerprint density at radius 1 is 1.24 bits per heavy atom. The summed E-state index contributed by atoms with van der Waals surface area (Å²) in [6, 6.07) is 11.6. The van der Waals surface area contributed by atoms with E-state index in [2.05, 4.69) is 15.9 Å². The van der Waals surface area contributed by atoms with Gasteiger partial charge in [-0.3, -0.25) is 4.79 Å². The summed E-state index contributed by atoms with van der Waals surface area (Å²) in [6.45, 7) is 0.241. The predicted octanol–water partition coefficient (Wildman–Crippen LogP) is 3.10. The highest BCUT2D eigenvalue weighted by Gasteiger charge is 2.14. The first-order valence-corrected chi connectivity index (χ1v) is 6.95. The summed E-state index contributed by atoms with van der Waals surface area (Å²) < 4.78 is 7.48. The van der Waals surface area contributed by atoms with Gasteiger partial charge in [-0.25, -0.2) is 4.79 Å². The first kappa shape index (κ1) is 13.6. The zero-order chi connectivity index (χ0) is 15.0. The molecule has 6 heteroatoms. The van der Waals surface area contributed by atoms with Crippen molar-refractivity contribution in [1.29, 1.82) is 0 Å². The topological polar surface area (TPSA) is 72.4 Å². The minimum Gasteiger partial charge on any atom is -0.478 e. The molecule has 2 aromatic heterocycles. The molecular weight excluding hydrogens is 338 g/mol. The van der Waals surface area contributed by atoms with Crippen LogP contribution in [0.25, 0.3) is 10.9 Å². The molecule has 0 aliphatic carbocycles. The number of para-hydroxylation sites is 1. The second kappa shape index (κ2) is 5.21. The fraction of sp³-hybridized carbons (Fsp3) is 0.0667. The second-order valence-electron chi connectivity index (χ2n) is 4.51. The highest BCUT2D eigenvalue weighted by Crippen LogP contribution is 2.19. The van der Waals surface area contributed by atoms with Gasteiger partial charge in [0, 0.05) is 11.5 Å². The summed E-state index contributed by atoms with van der Waals surface area (Å²) >= 11 is 3.21. The van der Waals surface area contributed by atoms with E-state index in [1.165, 1.54) is 4.57 Å². The molecule has 0 aliphatic heterocycles. The van der Waals surface area contributed by atoms with E-state index in [0.29, 0.717) is 21.3 Å². The Hall–Kier alpha value is -2.34. The molecule has 0 bridgehead atoms. The van der Waals surface area contributed by atoms with Gasteiger partial charge in [-0.2, -0.15) is 0 Å². The van der Waals surface area contributed by atoms with Gasteiger partial charge in [0.05, 0.1) is 17.6 Å². The Kier molecular flexibility index (Phi) is 3.39. The number of hydrogen-bond acceptors (Lipinski definition) is 3. The number of carboxylic acid groups (broad SMARTS) is 1. The molecule has 0 spiro atoms. The van der Waals surface area contributed by atoms with Crippen LogP contribution in [-0.2, 0) is 6.54 Å². The summed E-state index contributed by atoms with van der Waals surface area (Å²) in [6.07, 6.45) is 0. The van der Waals surface area contributed by atoms with Crippen molar-refractivity contribution >= 4 is 32.8 Å². The number of nitrogens with zero attached hydrogens (tertiary/aromatic N) is 1. The SMILES string of the molecule is O=C(O)c1cc(=O)n(Cc2ccc(Br)o2)c2ccccc12. The number of aromatic carboxylic acids is 1. The molecule has 1 N–H and O–H groups in total. The lowest BCUT2D eigenvalue weighted by Crippen LogP contribution is -2.22. The molecule has 0 saturated heterocycles. The van der Waals surface area contributed by atoms with Gasteiger partial charge in [-0.05, 0) is 34.1 Å². The van der Waals surface area contributed by atoms with E-state index in [4.69, 9.17) is 4.42 Å². The molecule has 0 fully saturated rings. The van der Waals surface area contributed by atoms with Crippen LogP contribution >= 0.6 is 15.9 Å². The van der Waals surface area contributed by atoms with Gasteiger partial charge in [-0.15, -0.1) is 0 Å². The lowest BCUT2D eigenvalue weighted by atomic mass is 10.1. The van der Waals surface area contributed by atoms with E-state index in [1.54, 1.807) is 36.4 Å². The molecule has 0 unspecified atom stereocenters. The third kappa shape index (κ3) is 2.50. The maximum Gasteiger partial charge on any atom is 0.336 e. The molecule has 3 rings (SSSR count). The van der Waals surface area contributed by atoms with E-state index in [1.807, 2.05) is 0 Å². The van der Waals surface area contributed by atoms with Gasteiger partial charge in [-0.1, -0.05) is 18.2 Å². The van der Waals surface area contributed by atoms with Crippen LogP contribution in [0.1, 0.15) is 16.1 Å². The number of fused-ring (bicyclic) bond motifs is 1. The number of furan rings is 1. The van der Waals surface area contributed by atoms with E-state index in [9.17, 15) is 14.7 Å². The fourth-order valence-corrected chi connectivity index (χ4v) is 2.61. The monoisotopic (exact) mass is 347 g/mol. The fourth-order valence-electron chi connectivity index (χ4n) is 2.27. The van der Waals surface area contributed by atoms with Gasteiger partial charge in [0.1, 0.15) is 5.76 Å². The zero-order valence-corrected chi connectivity index (χ0v) is 12.3. The van der Waals surface area contributed by atoms with Crippen molar-refractivity contribution in [1.82, 2.24) is 4.57 Å². The number of pyridine rings is 1. The van der Waals surface area contributed by atoms with Gasteiger partial charge in [0.15, 0.2) is 4.67 Å². The van der Waals surface area contributed by atoms with E-state index < -0.39 is 5.97 Å². The molecule has 0 amide bonds. The number of rotatable bonds is 3. The van der Waals surface area contributed by atoms with Crippen LogP contribution in [0, 0.1) is 0 Å². The van der Waals surface area contributed by atoms with Crippen molar-refractivity contribution in [3.63, 3.8) is 0 Å². The maximum absolute atomic E-state index is 12.2. The molecular formula is C15H10BrNO4. The first-order chi connectivity index (χ1) is 10.1. The molecule has 0 saturated carbocycles. The Balaban J connectivity index is 2.23. The van der Waals surface area contributed by atoms with Crippen molar-refractivity contribution in [2.75, 3.05) is 0 Å². The Labute approximate surface area is 127 Å². The standard InChI is InChI=1S/C15H10BrNO4/c16-13-6-5-9(21-13)8-17-12-4-2-1-3-10(12)11(15(19)20)7-14(17)18/h1-7H,8H2,(H,19,20). The van der Waals surface area contributed by atoms with E-state index >= 15 is 0 Å². The van der Waals surface area contributed by atoms with Crippen molar-refractivity contribution in [3.8, 4) is 0 Å². The molecule has 106 valence electrons. The average Bonchev–Trinajstić information content (AvgIpc) is 2.87. The van der Waals surface area contributed by atoms with Crippen LogP contribution in [0.2, 0.25) is 0 Å². The largest absolute Gasteiger partial charge is 0.478 e. The van der Waals surface area contributed by atoms with Gasteiger partial charge in [0.2, 0.25) is 0 Å². The zero-order valence-electron chi connectivity index (χ0n) is 10.7. The first-order valence-electron chi connectivity index (χ1n) is 6.16. The summed E-state index contributed by atoms with van der Waals surface area (Å²) in [5, 5.41) is 9.74. The summed E-state index contributed by atoms with van der Waals surface area (Å²) in [5.74, 6) is -0.506. The molecule has 21 heavy (non-hydrogen) atoms. The lowest BCUT2D eigenvalue weighted by Gasteiger charge is -2.10. The summed E-state index contributed by atoms with van der Waals surface area (Å²) in [5.41, 5.74) is 0.195. The number of halogens is 1. The Morgan fingerprint density at radius 2 is 2.00 bits per heavy atom. The molecule has 1 aromatic carbocycles. The maximum atomic E-state index is 12.2. The third-order valence-corrected chi connectivity index (χ3v) is 3.62. The quantitative estimate of drug-likeness (QED) is 0.790. The number of carbonyl (C=O) groups is 1. The highest BCUT2D eigenvalue weighted by molar-refractivity contribution is 9.10.